The molecule has 0 aliphatic rings. The molecule has 0 radical (unpaired) electrons. The molecule has 0 unspecified atom stereocenters. The fraction of sp³-hybridized carbons (Fsp3) is 0.158. The molecule has 144 valence electrons. The Morgan fingerprint density at radius 3 is 2.36 bits per heavy atom. The Balaban J connectivity index is 1.46. The summed E-state index contributed by atoms with van der Waals surface area (Å²) in [7, 11) is 1.89. The van der Waals surface area contributed by atoms with Gasteiger partial charge in [0.2, 0.25) is 5.91 Å². The first-order chi connectivity index (χ1) is 13.5. The zero-order chi connectivity index (χ0) is 19.9. The molecule has 3 rings (SSSR count). The van der Waals surface area contributed by atoms with E-state index in [2.05, 4.69) is 37.0 Å². The van der Waals surface area contributed by atoms with Crippen molar-refractivity contribution < 1.29 is 9.59 Å². The smallest absolute Gasteiger partial charge is 0.269 e. The highest BCUT2D eigenvalue weighted by Crippen LogP contribution is 2.20. The highest BCUT2D eigenvalue weighted by molar-refractivity contribution is 9.10. The van der Waals surface area contributed by atoms with Crippen molar-refractivity contribution in [3.63, 3.8) is 0 Å². The molecule has 7 nitrogen and oxygen atoms in total. The van der Waals surface area contributed by atoms with Crippen molar-refractivity contribution in [3.8, 4) is 0 Å². The number of nitrogens with zero attached hydrogens (tertiary/aromatic N) is 3. The monoisotopic (exact) mass is 459 g/mol. The molecule has 0 bridgehead atoms. The highest BCUT2D eigenvalue weighted by Gasteiger charge is 2.09. The predicted octanol–water partition coefficient (Wildman–Crippen LogP) is 2.87. The number of carbonyl (C=O) groups excluding carboxylic acids is 2. The largest absolute Gasteiger partial charge is 0.312 e. The van der Waals surface area contributed by atoms with Crippen molar-refractivity contribution in [2.45, 2.75) is 17.3 Å². The second-order valence-electron chi connectivity index (χ2n) is 6.02. The number of aromatic nitrogens is 3. The molecule has 2 amide bonds. The van der Waals surface area contributed by atoms with Crippen molar-refractivity contribution in [3.05, 3.63) is 76.0 Å². The molecular weight excluding hydrogens is 442 g/mol. The Kier molecular flexibility index (Phi) is 6.83. The van der Waals surface area contributed by atoms with Gasteiger partial charge < -0.3 is 4.57 Å². The molecule has 2 aromatic carbocycles. The van der Waals surface area contributed by atoms with Crippen LogP contribution in [0.1, 0.15) is 21.5 Å². The minimum absolute atomic E-state index is 0.186. The first-order valence-corrected chi connectivity index (χ1v) is 10.2. The molecule has 1 heterocycles. The van der Waals surface area contributed by atoms with E-state index >= 15 is 0 Å². The number of thioether (sulfide) groups is 1. The normalized spacial score (nSPS) is 10.5. The average molecular weight is 460 g/mol. The number of hydrogen-bond acceptors (Lipinski definition) is 5. The molecule has 0 saturated heterocycles. The maximum absolute atomic E-state index is 12.2. The molecule has 0 spiro atoms. The highest BCUT2D eigenvalue weighted by atomic mass is 79.9. The van der Waals surface area contributed by atoms with E-state index in [0.29, 0.717) is 5.56 Å². The summed E-state index contributed by atoms with van der Waals surface area (Å²) in [5, 5.41) is 8.69. The Morgan fingerprint density at radius 2 is 1.71 bits per heavy atom. The number of carbonyl (C=O) groups is 2. The molecule has 1 aromatic heterocycles. The van der Waals surface area contributed by atoms with Crippen LogP contribution in [0.2, 0.25) is 0 Å². The van der Waals surface area contributed by atoms with E-state index < -0.39 is 0 Å². The van der Waals surface area contributed by atoms with Crippen molar-refractivity contribution >= 4 is 39.5 Å². The first kappa shape index (κ1) is 20.1. The number of hydrogen-bond donors (Lipinski definition) is 2. The van der Waals surface area contributed by atoms with Crippen LogP contribution in [0.5, 0.6) is 0 Å². The van der Waals surface area contributed by atoms with Crippen LogP contribution in [0.4, 0.5) is 0 Å². The van der Waals surface area contributed by atoms with E-state index in [9.17, 15) is 9.59 Å². The van der Waals surface area contributed by atoms with E-state index in [-0.39, 0.29) is 18.2 Å². The first-order valence-electron chi connectivity index (χ1n) is 8.40. The number of hydrazine groups is 1. The number of aryl methyl sites for hydroxylation is 1. The SMILES string of the molecule is Cn1cnnc1SCc1ccc(C(=O)NNC(=O)Cc2ccc(Br)cc2)cc1. The van der Waals surface area contributed by atoms with E-state index in [1.165, 1.54) is 0 Å². The summed E-state index contributed by atoms with van der Waals surface area (Å²) in [6.07, 6.45) is 1.84. The van der Waals surface area contributed by atoms with Gasteiger partial charge in [-0.2, -0.15) is 0 Å². The lowest BCUT2D eigenvalue weighted by atomic mass is 10.1. The second kappa shape index (κ2) is 9.52. The van der Waals surface area contributed by atoms with Gasteiger partial charge in [-0.25, -0.2) is 0 Å². The molecule has 0 atom stereocenters. The average Bonchev–Trinajstić information content (AvgIpc) is 3.11. The minimum Gasteiger partial charge on any atom is -0.312 e. The Bertz CT molecular complexity index is 957. The summed E-state index contributed by atoms with van der Waals surface area (Å²) in [6, 6.07) is 14.6. The molecule has 0 fully saturated rings. The van der Waals surface area contributed by atoms with Gasteiger partial charge in [0, 0.05) is 22.8 Å². The van der Waals surface area contributed by atoms with E-state index in [4.69, 9.17) is 0 Å². The van der Waals surface area contributed by atoms with Crippen LogP contribution in [0, 0.1) is 0 Å². The van der Waals surface area contributed by atoms with E-state index in [1.54, 1.807) is 30.2 Å². The summed E-state index contributed by atoms with van der Waals surface area (Å²) < 4.78 is 2.80. The van der Waals surface area contributed by atoms with Crippen molar-refractivity contribution in [1.29, 1.82) is 0 Å². The summed E-state index contributed by atoms with van der Waals surface area (Å²) in [6.45, 7) is 0. The van der Waals surface area contributed by atoms with Gasteiger partial charge in [0.1, 0.15) is 6.33 Å². The predicted molar refractivity (Wildman–Crippen MR) is 110 cm³/mol. The summed E-state index contributed by atoms with van der Waals surface area (Å²) in [5.74, 6) is 0.0715. The standard InChI is InChI=1S/C19H18BrN5O2S/c1-25-12-21-24-19(25)28-11-14-2-6-15(7-3-14)18(27)23-22-17(26)10-13-4-8-16(20)9-5-13/h2-9,12H,10-11H2,1H3,(H,22,26)(H,23,27). The zero-order valence-corrected chi connectivity index (χ0v) is 17.5. The Labute approximate surface area is 175 Å². The number of nitrogens with one attached hydrogen (secondary N) is 2. The summed E-state index contributed by atoms with van der Waals surface area (Å²) in [4.78, 5) is 24.1. The third-order valence-electron chi connectivity index (χ3n) is 3.85. The fourth-order valence-corrected chi connectivity index (χ4v) is 3.44. The lowest BCUT2D eigenvalue weighted by Gasteiger charge is -2.08. The van der Waals surface area contributed by atoms with E-state index in [1.807, 2.05) is 48.0 Å². The molecule has 0 aliphatic carbocycles. The number of amides is 2. The Hall–Kier alpha value is -2.65. The molecular formula is C19H18BrN5O2S. The van der Waals surface area contributed by atoms with Crippen LogP contribution >= 0.6 is 27.7 Å². The van der Waals surface area contributed by atoms with Gasteiger partial charge in [-0.3, -0.25) is 20.4 Å². The summed E-state index contributed by atoms with van der Waals surface area (Å²) >= 11 is 4.92. The van der Waals surface area contributed by atoms with Gasteiger partial charge in [-0.1, -0.05) is 52.0 Å². The van der Waals surface area contributed by atoms with Crippen molar-refractivity contribution in [1.82, 2.24) is 25.6 Å². The van der Waals surface area contributed by atoms with Gasteiger partial charge in [0.25, 0.3) is 5.91 Å². The van der Waals surface area contributed by atoms with Crippen LogP contribution in [0.15, 0.2) is 64.5 Å². The zero-order valence-electron chi connectivity index (χ0n) is 15.1. The molecule has 9 heteroatoms. The van der Waals surface area contributed by atoms with Crippen LogP contribution in [-0.2, 0) is 24.0 Å². The summed E-state index contributed by atoms with van der Waals surface area (Å²) in [5.41, 5.74) is 7.26. The van der Waals surface area contributed by atoms with Gasteiger partial charge in [-0.15, -0.1) is 10.2 Å². The van der Waals surface area contributed by atoms with Crippen LogP contribution in [0.25, 0.3) is 0 Å². The van der Waals surface area contributed by atoms with E-state index in [0.717, 1.165) is 26.5 Å². The quantitative estimate of drug-likeness (QED) is 0.436. The molecule has 0 aliphatic heterocycles. The minimum atomic E-state index is -0.364. The van der Waals surface area contributed by atoms with Crippen LogP contribution in [-0.4, -0.2) is 26.6 Å². The lowest BCUT2D eigenvalue weighted by Crippen LogP contribution is -2.42. The van der Waals surface area contributed by atoms with Crippen LogP contribution in [0.3, 0.4) is 0 Å². The molecule has 0 saturated carbocycles. The lowest BCUT2D eigenvalue weighted by molar-refractivity contribution is -0.121. The van der Waals surface area contributed by atoms with Crippen molar-refractivity contribution in [2.75, 3.05) is 0 Å². The van der Waals surface area contributed by atoms with Gasteiger partial charge in [0.05, 0.1) is 6.42 Å². The number of benzene rings is 2. The maximum atomic E-state index is 12.2. The Morgan fingerprint density at radius 1 is 1.04 bits per heavy atom. The third kappa shape index (κ3) is 5.67. The van der Waals surface area contributed by atoms with Gasteiger partial charge in [0.15, 0.2) is 5.16 Å². The topological polar surface area (TPSA) is 88.9 Å². The maximum Gasteiger partial charge on any atom is 0.269 e. The number of rotatable bonds is 6. The molecule has 28 heavy (non-hydrogen) atoms. The molecule has 2 N–H and O–H groups in total. The molecule has 3 aromatic rings. The number of halogens is 1. The third-order valence-corrected chi connectivity index (χ3v) is 5.48. The van der Waals surface area contributed by atoms with Gasteiger partial charge in [-0.05, 0) is 35.4 Å². The van der Waals surface area contributed by atoms with Gasteiger partial charge >= 0.3 is 0 Å². The fourth-order valence-electron chi connectivity index (χ4n) is 2.33. The van der Waals surface area contributed by atoms with Crippen LogP contribution < -0.4 is 10.9 Å². The van der Waals surface area contributed by atoms with Crippen molar-refractivity contribution in [2.24, 2.45) is 7.05 Å². The second-order valence-corrected chi connectivity index (χ2v) is 7.87.